The molecule has 1 aliphatic rings. The maximum absolute atomic E-state index is 10.5. The van der Waals surface area contributed by atoms with Gasteiger partial charge in [-0.3, -0.25) is 9.59 Å². The highest BCUT2D eigenvalue weighted by Crippen LogP contribution is 2.28. The van der Waals surface area contributed by atoms with Crippen molar-refractivity contribution >= 4 is 11.9 Å². The summed E-state index contributed by atoms with van der Waals surface area (Å²) in [6, 6.07) is 12.0. The normalized spacial score (nSPS) is 22.4. The molecule has 0 aliphatic heterocycles. The minimum Gasteiger partial charge on any atom is -0.481 e. The molecule has 0 atom stereocenters. The van der Waals surface area contributed by atoms with Gasteiger partial charge in [0.15, 0.2) is 0 Å². The van der Waals surface area contributed by atoms with Crippen LogP contribution in [-0.4, -0.2) is 22.2 Å². The summed E-state index contributed by atoms with van der Waals surface area (Å²) in [4.78, 5) is 21.0. The lowest BCUT2D eigenvalue weighted by Crippen LogP contribution is -2.25. The smallest absolute Gasteiger partial charge is 0.306 e. The Balaban J connectivity index is 0.000000225. The minimum absolute atomic E-state index is 0.319. The fourth-order valence-corrected chi connectivity index (χ4v) is 1.97. The number of hydrogen-bond donors (Lipinski definition) is 2. The van der Waals surface area contributed by atoms with Gasteiger partial charge in [0.1, 0.15) is 0 Å². The molecule has 1 aliphatic carbocycles. The predicted octanol–water partition coefficient (Wildman–Crippen LogP) is 2.65. The molecule has 2 N–H and O–H groups in total. The van der Waals surface area contributed by atoms with E-state index < -0.39 is 11.9 Å². The van der Waals surface area contributed by atoms with E-state index in [1.165, 1.54) is 0 Å². The van der Waals surface area contributed by atoms with E-state index in [9.17, 15) is 9.59 Å². The number of hydrogen-bond acceptors (Lipinski definition) is 2. The van der Waals surface area contributed by atoms with E-state index in [4.69, 9.17) is 10.2 Å². The van der Waals surface area contributed by atoms with Crippen LogP contribution in [0.3, 0.4) is 0 Å². The van der Waals surface area contributed by atoms with Gasteiger partial charge >= 0.3 is 11.9 Å². The lowest BCUT2D eigenvalue weighted by Gasteiger charge is -2.22. The summed E-state index contributed by atoms with van der Waals surface area (Å²) in [5, 5.41) is 17.2. The maximum Gasteiger partial charge on any atom is 0.306 e. The molecule has 0 aromatic heterocycles. The summed E-state index contributed by atoms with van der Waals surface area (Å²) >= 11 is 0. The van der Waals surface area contributed by atoms with Gasteiger partial charge < -0.3 is 10.2 Å². The highest BCUT2D eigenvalue weighted by atomic mass is 16.4. The van der Waals surface area contributed by atoms with Gasteiger partial charge in [0.05, 0.1) is 11.8 Å². The monoisotopic (exact) mass is 250 g/mol. The molecule has 0 saturated heterocycles. The molecule has 1 saturated carbocycles. The van der Waals surface area contributed by atoms with Gasteiger partial charge in [0.2, 0.25) is 0 Å². The number of benzene rings is 1. The van der Waals surface area contributed by atoms with Crippen LogP contribution in [-0.2, 0) is 9.59 Å². The first kappa shape index (κ1) is 14.2. The second-order valence-electron chi connectivity index (χ2n) is 4.38. The number of carboxylic acid groups (broad SMARTS) is 2. The number of carbonyl (C=O) groups is 2. The predicted molar refractivity (Wildman–Crippen MR) is 67.2 cm³/mol. The molecular formula is C14H18O4. The Morgan fingerprint density at radius 3 is 1.06 bits per heavy atom. The Hall–Kier alpha value is -1.84. The summed E-state index contributed by atoms with van der Waals surface area (Å²) in [6.07, 6.45) is 2.03. The molecule has 0 radical (unpaired) electrons. The van der Waals surface area contributed by atoms with Crippen LogP contribution in [0.2, 0.25) is 0 Å². The van der Waals surface area contributed by atoms with E-state index in [-0.39, 0.29) is 11.8 Å². The SMILES string of the molecule is O=C(O)C1CCC(C(=O)O)CC1.c1ccccc1. The summed E-state index contributed by atoms with van der Waals surface area (Å²) in [7, 11) is 0. The second kappa shape index (κ2) is 7.48. The van der Waals surface area contributed by atoms with Gasteiger partial charge in [-0.2, -0.15) is 0 Å². The summed E-state index contributed by atoms with van der Waals surface area (Å²) < 4.78 is 0. The van der Waals surface area contributed by atoms with Crippen LogP contribution in [0.15, 0.2) is 36.4 Å². The van der Waals surface area contributed by atoms with Crippen molar-refractivity contribution in [3.63, 3.8) is 0 Å². The van der Waals surface area contributed by atoms with Crippen molar-refractivity contribution in [3.05, 3.63) is 36.4 Å². The van der Waals surface area contributed by atoms with Crippen molar-refractivity contribution in [1.82, 2.24) is 0 Å². The molecule has 0 bridgehead atoms. The number of carboxylic acids is 2. The molecule has 2 rings (SSSR count). The van der Waals surface area contributed by atoms with E-state index in [1.807, 2.05) is 36.4 Å². The molecule has 18 heavy (non-hydrogen) atoms. The molecular weight excluding hydrogens is 232 g/mol. The zero-order chi connectivity index (χ0) is 13.4. The standard InChI is InChI=1S/C8H12O4.C6H6/c9-7(10)5-1-2-6(4-3-5)8(11)12;1-2-4-6-5-3-1/h5-6H,1-4H2,(H,9,10)(H,11,12);1-6H. The summed E-state index contributed by atoms with van der Waals surface area (Å²) in [5.41, 5.74) is 0. The summed E-state index contributed by atoms with van der Waals surface area (Å²) in [6.45, 7) is 0. The highest BCUT2D eigenvalue weighted by Gasteiger charge is 2.29. The van der Waals surface area contributed by atoms with Gasteiger partial charge in [-0.15, -0.1) is 0 Å². The average Bonchev–Trinajstić information content (AvgIpc) is 2.41. The third kappa shape index (κ3) is 4.99. The molecule has 0 heterocycles. The second-order valence-corrected chi connectivity index (χ2v) is 4.38. The molecule has 0 spiro atoms. The van der Waals surface area contributed by atoms with E-state index >= 15 is 0 Å². The first-order valence-electron chi connectivity index (χ1n) is 6.07. The van der Waals surface area contributed by atoms with Crippen LogP contribution < -0.4 is 0 Å². The van der Waals surface area contributed by atoms with E-state index in [0.717, 1.165) is 0 Å². The third-order valence-electron chi connectivity index (χ3n) is 3.09. The fraction of sp³-hybridized carbons (Fsp3) is 0.429. The van der Waals surface area contributed by atoms with Crippen molar-refractivity contribution in [2.24, 2.45) is 11.8 Å². The van der Waals surface area contributed by atoms with Crippen molar-refractivity contribution < 1.29 is 19.8 Å². The van der Waals surface area contributed by atoms with Crippen LogP contribution >= 0.6 is 0 Å². The Morgan fingerprint density at radius 2 is 0.889 bits per heavy atom. The molecule has 1 aromatic rings. The van der Waals surface area contributed by atoms with Gasteiger partial charge in [-0.05, 0) is 25.7 Å². The van der Waals surface area contributed by atoms with Crippen LogP contribution in [0.25, 0.3) is 0 Å². The molecule has 4 nitrogen and oxygen atoms in total. The Labute approximate surface area is 106 Å². The average molecular weight is 250 g/mol. The van der Waals surface area contributed by atoms with Crippen molar-refractivity contribution in [1.29, 1.82) is 0 Å². The Morgan fingerprint density at radius 1 is 0.667 bits per heavy atom. The minimum atomic E-state index is -0.793. The van der Waals surface area contributed by atoms with Gasteiger partial charge in [0, 0.05) is 0 Å². The van der Waals surface area contributed by atoms with Gasteiger partial charge in [-0.1, -0.05) is 36.4 Å². The van der Waals surface area contributed by atoms with Crippen LogP contribution in [0.5, 0.6) is 0 Å². The van der Waals surface area contributed by atoms with Crippen molar-refractivity contribution in [2.75, 3.05) is 0 Å². The zero-order valence-electron chi connectivity index (χ0n) is 10.2. The van der Waals surface area contributed by atoms with Crippen LogP contribution in [0.4, 0.5) is 0 Å². The topological polar surface area (TPSA) is 74.6 Å². The zero-order valence-corrected chi connectivity index (χ0v) is 10.2. The van der Waals surface area contributed by atoms with E-state index in [0.29, 0.717) is 25.7 Å². The van der Waals surface area contributed by atoms with Crippen molar-refractivity contribution in [3.8, 4) is 0 Å². The molecule has 4 heteroatoms. The fourth-order valence-electron chi connectivity index (χ4n) is 1.97. The number of aliphatic carboxylic acids is 2. The third-order valence-corrected chi connectivity index (χ3v) is 3.09. The van der Waals surface area contributed by atoms with Crippen LogP contribution in [0, 0.1) is 11.8 Å². The summed E-state index contributed by atoms with van der Waals surface area (Å²) in [5.74, 6) is -2.22. The Kier molecular flexibility index (Phi) is 5.91. The quantitative estimate of drug-likeness (QED) is 0.846. The van der Waals surface area contributed by atoms with E-state index in [2.05, 4.69) is 0 Å². The lowest BCUT2D eigenvalue weighted by atomic mass is 9.82. The highest BCUT2D eigenvalue weighted by molar-refractivity contribution is 5.72. The van der Waals surface area contributed by atoms with Crippen LogP contribution in [0.1, 0.15) is 25.7 Å². The van der Waals surface area contributed by atoms with E-state index in [1.54, 1.807) is 0 Å². The largest absolute Gasteiger partial charge is 0.481 e. The molecule has 0 unspecified atom stereocenters. The van der Waals surface area contributed by atoms with Gasteiger partial charge in [0.25, 0.3) is 0 Å². The molecule has 1 aromatic carbocycles. The molecule has 98 valence electrons. The maximum atomic E-state index is 10.5. The van der Waals surface area contributed by atoms with Gasteiger partial charge in [-0.25, -0.2) is 0 Å². The number of rotatable bonds is 2. The first-order chi connectivity index (χ1) is 8.61. The first-order valence-corrected chi connectivity index (χ1v) is 6.07. The Bertz CT molecular complexity index is 318. The van der Waals surface area contributed by atoms with Crippen molar-refractivity contribution in [2.45, 2.75) is 25.7 Å². The lowest BCUT2D eigenvalue weighted by molar-refractivity contribution is -0.148. The molecule has 0 amide bonds. The molecule has 1 fully saturated rings.